The van der Waals surface area contributed by atoms with Crippen molar-refractivity contribution in [2.75, 3.05) is 30.8 Å². The largest absolute Gasteiger partial charge is 0.381 e. The van der Waals surface area contributed by atoms with E-state index < -0.39 is 11.6 Å². The van der Waals surface area contributed by atoms with E-state index in [0.29, 0.717) is 31.7 Å². The van der Waals surface area contributed by atoms with Crippen LogP contribution in [0.3, 0.4) is 0 Å². The number of nitrogen functional groups attached to an aromatic ring is 1. The van der Waals surface area contributed by atoms with Gasteiger partial charge < -0.3 is 15.8 Å². The molecule has 0 saturated carbocycles. The predicted molar refractivity (Wildman–Crippen MR) is 67.3 cm³/mol. The Labute approximate surface area is 106 Å². The molecular formula is C12H19F2N3O. The first-order chi connectivity index (χ1) is 8.50. The van der Waals surface area contributed by atoms with Gasteiger partial charge in [0, 0.05) is 19.2 Å². The fraction of sp³-hybridized carbons (Fsp3) is 0.583. The molecule has 1 rings (SSSR count). The Bertz CT molecular complexity index is 386. The highest BCUT2D eigenvalue weighted by Crippen LogP contribution is 2.16. The highest BCUT2D eigenvalue weighted by molar-refractivity contribution is 5.44. The van der Waals surface area contributed by atoms with Crippen molar-refractivity contribution in [3.63, 3.8) is 0 Å². The number of aromatic nitrogens is 1. The third-order valence-corrected chi connectivity index (χ3v) is 2.34. The van der Waals surface area contributed by atoms with Crippen molar-refractivity contribution in [2.45, 2.75) is 20.3 Å². The lowest BCUT2D eigenvalue weighted by Crippen LogP contribution is -2.13. The van der Waals surface area contributed by atoms with Crippen LogP contribution in [-0.4, -0.2) is 24.7 Å². The van der Waals surface area contributed by atoms with Gasteiger partial charge in [-0.15, -0.1) is 0 Å². The van der Waals surface area contributed by atoms with E-state index in [1.54, 1.807) is 0 Å². The Hall–Kier alpha value is -1.43. The minimum atomic E-state index is -0.855. The van der Waals surface area contributed by atoms with E-state index >= 15 is 0 Å². The molecule has 0 atom stereocenters. The molecule has 0 aliphatic rings. The third-order valence-electron chi connectivity index (χ3n) is 2.34. The van der Waals surface area contributed by atoms with Gasteiger partial charge >= 0.3 is 0 Å². The maximum atomic E-state index is 13.3. The van der Waals surface area contributed by atoms with Crippen LogP contribution >= 0.6 is 0 Å². The molecule has 4 nitrogen and oxygen atoms in total. The molecule has 1 heterocycles. The summed E-state index contributed by atoms with van der Waals surface area (Å²) in [6.07, 6.45) is 0.982. The summed E-state index contributed by atoms with van der Waals surface area (Å²) in [7, 11) is 0. The van der Waals surface area contributed by atoms with E-state index in [2.05, 4.69) is 24.1 Å². The molecular weight excluding hydrogens is 240 g/mol. The molecule has 0 spiro atoms. The minimum absolute atomic E-state index is 0.0543. The maximum Gasteiger partial charge on any atom is 0.168 e. The SMILES string of the molecule is CC(C)CCOCCNc1nc(N)c(F)cc1F. The van der Waals surface area contributed by atoms with Crippen molar-refractivity contribution in [1.29, 1.82) is 0 Å². The second-order valence-corrected chi connectivity index (χ2v) is 4.41. The number of rotatable bonds is 7. The maximum absolute atomic E-state index is 13.3. The van der Waals surface area contributed by atoms with E-state index in [-0.39, 0.29) is 11.6 Å². The Morgan fingerprint density at radius 2 is 2.06 bits per heavy atom. The number of halogens is 2. The van der Waals surface area contributed by atoms with Gasteiger partial charge in [0.1, 0.15) is 0 Å². The van der Waals surface area contributed by atoms with Crippen LogP contribution in [0.15, 0.2) is 6.07 Å². The predicted octanol–water partition coefficient (Wildman–Crippen LogP) is 2.42. The van der Waals surface area contributed by atoms with E-state index in [1.165, 1.54) is 0 Å². The second kappa shape index (κ2) is 7.10. The number of anilines is 2. The van der Waals surface area contributed by atoms with E-state index in [4.69, 9.17) is 10.5 Å². The summed E-state index contributed by atoms with van der Waals surface area (Å²) >= 11 is 0. The van der Waals surface area contributed by atoms with Crippen molar-refractivity contribution in [3.05, 3.63) is 17.7 Å². The Morgan fingerprint density at radius 1 is 1.33 bits per heavy atom. The van der Waals surface area contributed by atoms with Crippen molar-refractivity contribution >= 4 is 11.6 Å². The summed E-state index contributed by atoms with van der Waals surface area (Å²) in [5, 5.41) is 2.71. The normalized spacial score (nSPS) is 10.9. The highest BCUT2D eigenvalue weighted by Gasteiger charge is 2.08. The van der Waals surface area contributed by atoms with E-state index in [9.17, 15) is 8.78 Å². The van der Waals surface area contributed by atoms with Gasteiger partial charge in [-0.25, -0.2) is 13.8 Å². The number of hydrogen-bond donors (Lipinski definition) is 2. The molecule has 0 aliphatic carbocycles. The van der Waals surface area contributed by atoms with Crippen LogP contribution < -0.4 is 11.1 Å². The molecule has 0 unspecified atom stereocenters. The summed E-state index contributed by atoms with van der Waals surface area (Å²) in [6, 6.07) is 0.713. The molecule has 102 valence electrons. The summed E-state index contributed by atoms with van der Waals surface area (Å²) in [5.74, 6) is -1.40. The van der Waals surface area contributed by atoms with Crippen molar-refractivity contribution in [2.24, 2.45) is 5.92 Å². The Morgan fingerprint density at radius 3 is 2.72 bits per heavy atom. The number of nitrogens with two attached hydrogens (primary N) is 1. The molecule has 18 heavy (non-hydrogen) atoms. The summed E-state index contributed by atoms with van der Waals surface area (Å²) < 4.78 is 31.4. The molecule has 0 aliphatic heterocycles. The molecule has 0 saturated heterocycles. The van der Waals surface area contributed by atoms with Crippen LogP contribution in [0, 0.1) is 17.6 Å². The molecule has 1 aromatic rings. The number of pyridine rings is 1. The molecule has 3 N–H and O–H groups in total. The number of nitrogens with zero attached hydrogens (tertiary/aromatic N) is 1. The van der Waals surface area contributed by atoms with Gasteiger partial charge in [0.15, 0.2) is 23.3 Å². The van der Waals surface area contributed by atoms with Crippen LogP contribution in [0.5, 0.6) is 0 Å². The zero-order chi connectivity index (χ0) is 13.5. The summed E-state index contributed by atoms with van der Waals surface area (Å²) in [5.41, 5.74) is 5.25. The topological polar surface area (TPSA) is 60.2 Å². The zero-order valence-corrected chi connectivity index (χ0v) is 10.7. The van der Waals surface area contributed by atoms with Crippen LogP contribution in [-0.2, 0) is 4.74 Å². The van der Waals surface area contributed by atoms with Crippen LogP contribution in [0.25, 0.3) is 0 Å². The number of hydrogen-bond acceptors (Lipinski definition) is 4. The molecule has 0 amide bonds. The van der Waals surface area contributed by atoms with Crippen molar-refractivity contribution in [3.8, 4) is 0 Å². The van der Waals surface area contributed by atoms with Gasteiger partial charge in [0.2, 0.25) is 0 Å². The highest BCUT2D eigenvalue weighted by atomic mass is 19.1. The molecule has 0 aromatic carbocycles. The molecule has 0 fully saturated rings. The van der Waals surface area contributed by atoms with E-state index in [0.717, 1.165) is 6.42 Å². The van der Waals surface area contributed by atoms with Gasteiger partial charge in [0.05, 0.1) is 6.61 Å². The summed E-state index contributed by atoms with van der Waals surface area (Å²) in [6.45, 7) is 5.73. The van der Waals surface area contributed by atoms with Gasteiger partial charge in [-0.3, -0.25) is 0 Å². The summed E-state index contributed by atoms with van der Waals surface area (Å²) in [4.78, 5) is 3.58. The first-order valence-electron chi connectivity index (χ1n) is 5.94. The zero-order valence-electron chi connectivity index (χ0n) is 10.7. The molecule has 6 heteroatoms. The molecule has 1 aromatic heterocycles. The molecule has 0 radical (unpaired) electrons. The lowest BCUT2D eigenvalue weighted by atomic mass is 10.1. The second-order valence-electron chi connectivity index (χ2n) is 4.41. The quantitative estimate of drug-likeness (QED) is 0.738. The fourth-order valence-electron chi connectivity index (χ4n) is 1.27. The first kappa shape index (κ1) is 14.6. The van der Waals surface area contributed by atoms with E-state index in [1.807, 2.05) is 0 Å². The fourth-order valence-corrected chi connectivity index (χ4v) is 1.27. The lowest BCUT2D eigenvalue weighted by Gasteiger charge is -2.09. The van der Waals surface area contributed by atoms with Gasteiger partial charge in [-0.1, -0.05) is 13.8 Å². The smallest absolute Gasteiger partial charge is 0.168 e. The van der Waals surface area contributed by atoms with Gasteiger partial charge in [-0.2, -0.15) is 0 Å². The van der Waals surface area contributed by atoms with Crippen LogP contribution in [0.2, 0.25) is 0 Å². The number of nitrogens with one attached hydrogen (secondary N) is 1. The standard InChI is InChI=1S/C12H19F2N3O/c1-8(2)3-5-18-6-4-16-12-10(14)7-9(13)11(15)17-12/h7-8H,3-6H2,1-2H3,(H3,15,16,17). The Kier molecular flexibility index (Phi) is 5.77. The lowest BCUT2D eigenvalue weighted by molar-refractivity contribution is 0.132. The van der Waals surface area contributed by atoms with Crippen LogP contribution in [0.4, 0.5) is 20.4 Å². The average Bonchev–Trinajstić information content (AvgIpc) is 2.29. The monoisotopic (exact) mass is 259 g/mol. The van der Waals surface area contributed by atoms with Gasteiger partial charge in [-0.05, 0) is 12.3 Å². The van der Waals surface area contributed by atoms with Gasteiger partial charge in [0.25, 0.3) is 0 Å². The first-order valence-corrected chi connectivity index (χ1v) is 5.94. The third kappa shape index (κ3) is 4.83. The van der Waals surface area contributed by atoms with Crippen molar-refractivity contribution < 1.29 is 13.5 Å². The number of ether oxygens (including phenoxy) is 1. The molecule has 0 bridgehead atoms. The van der Waals surface area contributed by atoms with Crippen molar-refractivity contribution in [1.82, 2.24) is 4.98 Å². The van der Waals surface area contributed by atoms with Crippen LogP contribution in [0.1, 0.15) is 20.3 Å². The Balaban J connectivity index is 2.29. The minimum Gasteiger partial charge on any atom is -0.381 e. The average molecular weight is 259 g/mol.